The molecule has 1 aromatic carbocycles. The Morgan fingerprint density at radius 3 is 2.41 bits per heavy atom. The van der Waals surface area contributed by atoms with Crippen LogP contribution >= 0.6 is 24.0 Å². The fraction of sp³-hybridized carbons (Fsp3) is 0.357. The molecule has 3 heteroatoms. The average molecular weight is 263 g/mol. The summed E-state index contributed by atoms with van der Waals surface area (Å²) in [6.45, 7) is 6.46. The Balaban J connectivity index is 2.45. The molecule has 0 spiro atoms. The number of rotatable bonds is 3. The minimum absolute atomic E-state index is 0.860. The third-order valence-electron chi connectivity index (χ3n) is 2.81. The lowest BCUT2D eigenvalue weighted by molar-refractivity contribution is 1.11. The van der Waals surface area contributed by atoms with Crippen molar-refractivity contribution in [2.24, 2.45) is 0 Å². The van der Waals surface area contributed by atoms with Gasteiger partial charge >= 0.3 is 0 Å². The summed E-state index contributed by atoms with van der Waals surface area (Å²) in [5.41, 5.74) is 6.34. The smallest absolute Gasteiger partial charge is 0.0940 e. The van der Waals surface area contributed by atoms with E-state index in [2.05, 4.69) is 50.9 Å². The van der Waals surface area contributed by atoms with Gasteiger partial charge in [-0.15, -0.1) is 11.3 Å². The van der Waals surface area contributed by atoms with Gasteiger partial charge in [0.2, 0.25) is 0 Å². The van der Waals surface area contributed by atoms with Crippen LogP contribution in [0.2, 0.25) is 0 Å². The molecule has 0 aliphatic rings. The molecule has 0 aliphatic carbocycles. The third kappa shape index (κ3) is 2.72. The van der Waals surface area contributed by atoms with Gasteiger partial charge in [-0.2, -0.15) is 12.6 Å². The summed E-state index contributed by atoms with van der Waals surface area (Å²) in [4.78, 5) is 4.69. The lowest BCUT2D eigenvalue weighted by Crippen LogP contribution is -1.91. The van der Waals surface area contributed by atoms with Crippen LogP contribution in [0, 0.1) is 20.8 Å². The summed E-state index contributed by atoms with van der Waals surface area (Å²) >= 11 is 5.98. The first-order valence-electron chi connectivity index (χ1n) is 5.75. The van der Waals surface area contributed by atoms with Crippen molar-refractivity contribution in [1.29, 1.82) is 0 Å². The zero-order valence-corrected chi connectivity index (χ0v) is 12.2. The van der Waals surface area contributed by atoms with Crippen LogP contribution in [0.25, 0.3) is 11.3 Å². The lowest BCUT2D eigenvalue weighted by Gasteiger charge is -2.08. The van der Waals surface area contributed by atoms with E-state index in [0.29, 0.717) is 0 Å². The van der Waals surface area contributed by atoms with Crippen molar-refractivity contribution in [1.82, 2.24) is 4.98 Å². The molecule has 0 aliphatic heterocycles. The van der Waals surface area contributed by atoms with Crippen LogP contribution in [0.15, 0.2) is 17.5 Å². The molecule has 90 valence electrons. The highest BCUT2D eigenvalue weighted by Crippen LogP contribution is 2.29. The molecule has 17 heavy (non-hydrogen) atoms. The minimum Gasteiger partial charge on any atom is -0.241 e. The number of benzene rings is 1. The standard InChI is InChI=1S/C14H17NS2/c1-9-6-10(2)14(11(3)7-9)12-8-17-13(15-12)4-5-16/h6-8,16H,4-5H2,1-3H3. The van der Waals surface area contributed by atoms with Gasteiger partial charge < -0.3 is 0 Å². The second kappa shape index (κ2) is 5.23. The second-order valence-corrected chi connectivity index (χ2v) is 5.76. The highest BCUT2D eigenvalue weighted by molar-refractivity contribution is 7.80. The summed E-state index contributed by atoms with van der Waals surface area (Å²) in [7, 11) is 0. The van der Waals surface area contributed by atoms with Gasteiger partial charge in [0.25, 0.3) is 0 Å². The Hall–Kier alpha value is -0.800. The van der Waals surface area contributed by atoms with E-state index in [1.807, 2.05) is 0 Å². The number of thiol groups is 1. The first kappa shape index (κ1) is 12.7. The minimum atomic E-state index is 0.860. The molecular formula is C14H17NS2. The fourth-order valence-corrected chi connectivity index (χ4v) is 3.37. The van der Waals surface area contributed by atoms with Crippen LogP contribution in [-0.2, 0) is 6.42 Å². The van der Waals surface area contributed by atoms with E-state index >= 15 is 0 Å². The summed E-state index contributed by atoms with van der Waals surface area (Å²) in [6, 6.07) is 4.44. The van der Waals surface area contributed by atoms with Crippen LogP contribution in [-0.4, -0.2) is 10.7 Å². The van der Waals surface area contributed by atoms with E-state index in [0.717, 1.165) is 17.9 Å². The maximum absolute atomic E-state index is 4.69. The fourth-order valence-electron chi connectivity index (χ4n) is 2.22. The maximum atomic E-state index is 4.69. The number of thiazole rings is 1. The van der Waals surface area contributed by atoms with Gasteiger partial charge in [-0.3, -0.25) is 0 Å². The summed E-state index contributed by atoms with van der Waals surface area (Å²) in [6.07, 6.45) is 0.956. The quantitative estimate of drug-likeness (QED) is 0.819. The van der Waals surface area contributed by atoms with Gasteiger partial charge in [0.15, 0.2) is 0 Å². The van der Waals surface area contributed by atoms with E-state index in [9.17, 15) is 0 Å². The predicted octanol–water partition coefficient (Wildman–Crippen LogP) is 4.21. The van der Waals surface area contributed by atoms with Gasteiger partial charge in [0.05, 0.1) is 10.7 Å². The molecule has 1 nitrogen and oxygen atoms in total. The van der Waals surface area contributed by atoms with Crippen molar-refractivity contribution in [2.45, 2.75) is 27.2 Å². The van der Waals surface area contributed by atoms with Gasteiger partial charge in [-0.25, -0.2) is 4.98 Å². The van der Waals surface area contributed by atoms with Crippen LogP contribution in [0.5, 0.6) is 0 Å². The van der Waals surface area contributed by atoms with E-state index in [-0.39, 0.29) is 0 Å². The van der Waals surface area contributed by atoms with Crippen molar-refractivity contribution < 1.29 is 0 Å². The Morgan fingerprint density at radius 2 is 1.82 bits per heavy atom. The van der Waals surface area contributed by atoms with E-state index in [1.54, 1.807) is 11.3 Å². The highest BCUT2D eigenvalue weighted by Gasteiger charge is 2.10. The van der Waals surface area contributed by atoms with Crippen LogP contribution < -0.4 is 0 Å². The SMILES string of the molecule is Cc1cc(C)c(-c2csc(CCS)n2)c(C)c1. The average Bonchev–Trinajstić information content (AvgIpc) is 2.65. The van der Waals surface area contributed by atoms with Gasteiger partial charge in [-0.05, 0) is 37.7 Å². The van der Waals surface area contributed by atoms with Gasteiger partial charge in [0.1, 0.15) is 0 Å². The largest absolute Gasteiger partial charge is 0.241 e. The molecule has 0 bridgehead atoms. The van der Waals surface area contributed by atoms with Gasteiger partial charge in [-0.1, -0.05) is 17.7 Å². The summed E-state index contributed by atoms with van der Waals surface area (Å²) in [5, 5.41) is 3.33. The Kier molecular flexibility index (Phi) is 3.89. The molecule has 0 saturated heterocycles. The molecule has 0 unspecified atom stereocenters. The number of nitrogens with zero attached hydrogens (tertiary/aromatic N) is 1. The molecule has 2 rings (SSSR count). The first-order chi connectivity index (χ1) is 8.11. The third-order valence-corrected chi connectivity index (χ3v) is 3.94. The Bertz CT molecular complexity index is 506. The molecule has 0 N–H and O–H groups in total. The number of aryl methyl sites for hydroxylation is 4. The summed E-state index contributed by atoms with van der Waals surface area (Å²) < 4.78 is 0. The van der Waals surface area contributed by atoms with Crippen molar-refractivity contribution in [3.05, 3.63) is 39.2 Å². The van der Waals surface area contributed by atoms with Crippen LogP contribution in [0.1, 0.15) is 21.7 Å². The summed E-state index contributed by atoms with van der Waals surface area (Å²) in [5.74, 6) is 0.860. The van der Waals surface area contributed by atoms with Crippen LogP contribution in [0.4, 0.5) is 0 Å². The molecule has 0 radical (unpaired) electrons. The second-order valence-electron chi connectivity index (χ2n) is 4.37. The zero-order valence-electron chi connectivity index (χ0n) is 10.4. The first-order valence-corrected chi connectivity index (χ1v) is 7.26. The molecule has 0 fully saturated rings. The molecule has 0 amide bonds. The highest BCUT2D eigenvalue weighted by atomic mass is 32.1. The van der Waals surface area contributed by atoms with Crippen molar-refractivity contribution in [3.8, 4) is 11.3 Å². The topological polar surface area (TPSA) is 12.9 Å². The van der Waals surface area contributed by atoms with Crippen LogP contribution in [0.3, 0.4) is 0 Å². The molecule has 0 atom stereocenters. The molecule has 0 saturated carbocycles. The van der Waals surface area contributed by atoms with Crippen molar-refractivity contribution >= 4 is 24.0 Å². The van der Waals surface area contributed by atoms with E-state index < -0.39 is 0 Å². The van der Waals surface area contributed by atoms with E-state index in [1.165, 1.54) is 27.3 Å². The number of hydrogen-bond acceptors (Lipinski definition) is 3. The van der Waals surface area contributed by atoms with Crippen molar-refractivity contribution in [2.75, 3.05) is 5.75 Å². The Labute approximate surface area is 112 Å². The molecule has 1 aromatic heterocycles. The zero-order chi connectivity index (χ0) is 12.4. The van der Waals surface area contributed by atoms with Gasteiger partial charge in [0, 0.05) is 17.4 Å². The number of aromatic nitrogens is 1. The van der Waals surface area contributed by atoms with Crippen molar-refractivity contribution in [3.63, 3.8) is 0 Å². The molecular weight excluding hydrogens is 246 g/mol. The predicted molar refractivity (Wildman–Crippen MR) is 79.3 cm³/mol. The lowest BCUT2D eigenvalue weighted by atomic mass is 9.98. The maximum Gasteiger partial charge on any atom is 0.0940 e. The molecule has 1 heterocycles. The van der Waals surface area contributed by atoms with E-state index in [4.69, 9.17) is 4.98 Å². The Morgan fingerprint density at radius 1 is 1.18 bits per heavy atom. The normalized spacial score (nSPS) is 10.8. The molecule has 2 aromatic rings. The monoisotopic (exact) mass is 263 g/mol. The number of hydrogen-bond donors (Lipinski definition) is 1.